The molecule has 1 aliphatic carbocycles. The number of alkyl carbamates (subject to hydrolysis) is 1. The molecule has 2 aromatic carbocycles. The Hall–Kier alpha value is -3.88. The van der Waals surface area contributed by atoms with Crippen molar-refractivity contribution in [2.24, 2.45) is 5.92 Å². The van der Waals surface area contributed by atoms with Crippen LogP contribution in [0.2, 0.25) is 0 Å². The Kier molecular flexibility index (Phi) is 8.67. The third-order valence-corrected chi connectivity index (χ3v) is 8.50. The highest BCUT2D eigenvalue weighted by molar-refractivity contribution is 5.96. The first kappa shape index (κ1) is 27.7. The molecule has 0 spiro atoms. The normalized spacial score (nSPS) is 22.2. The molecule has 4 amide bonds. The molecule has 3 fully saturated rings. The molecule has 0 aromatic heterocycles. The molecule has 0 radical (unpaired) electrons. The van der Waals surface area contributed by atoms with Gasteiger partial charge in [-0.3, -0.25) is 14.4 Å². The number of benzene rings is 2. The number of hydrogen-bond acceptors (Lipinski definition) is 5. The molecule has 3 atom stereocenters. The first-order valence-electron chi connectivity index (χ1n) is 14.3. The summed E-state index contributed by atoms with van der Waals surface area (Å²) in [4.78, 5) is 58.7. The fourth-order valence-electron chi connectivity index (χ4n) is 6.41. The molecule has 40 heavy (non-hydrogen) atoms. The molecular formula is C31H38N4O5. The monoisotopic (exact) mass is 546 g/mol. The summed E-state index contributed by atoms with van der Waals surface area (Å²) >= 11 is 0. The first-order chi connectivity index (χ1) is 19.5. The van der Waals surface area contributed by atoms with Gasteiger partial charge in [0.1, 0.15) is 24.8 Å². The van der Waals surface area contributed by atoms with Gasteiger partial charge in [-0.25, -0.2) is 4.79 Å². The SMILES string of the molecule is COC(=O)N[C@H](C(=O)N1CC(=O)N2[C@@H]1CN(CCc1ccccc1)C(=O)[C@@H]2Cc1ccccc1)C1CCCCC1. The van der Waals surface area contributed by atoms with Crippen LogP contribution in [0.1, 0.15) is 43.2 Å². The van der Waals surface area contributed by atoms with Crippen LogP contribution >= 0.6 is 0 Å². The maximum absolute atomic E-state index is 14.1. The van der Waals surface area contributed by atoms with Crippen molar-refractivity contribution in [3.8, 4) is 0 Å². The molecule has 2 saturated heterocycles. The van der Waals surface area contributed by atoms with Gasteiger partial charge in [-0.1, -0.05) is 79.9 Å². The lowest BCUT2D eigenvalue weighted by atomic mass is 9.83. The summed E-state index contributed by atoms with van der Waals surface area (Å²) in [6.45, 7) is 0.617. The van der Waals surface area contributed by atoms with Crippen molar-refractivity contribution in [2.75, 3.05) is 26.7 Å². The second-order valence-electron chi connectivity index (χ2n) is 11.0. The topological polar surface area (TPSA) is 99.3 Å². The summed E-state index contributed by atoms with van der Waals surface area (Å²) in [6, 6.07) is 18.2. The molecule has 2 aliphatic heterocycles. The van der Waals surface area contributed by atoms with E-state index in [0.29, 0.717) is 19.4 Å². The van der Waals surface area contributed by atoms with Crippen molar-refractivity contribution in [3.05, 3.63) is 71.8 Å². The first-order valence-corrected chi connectivity index (χ1v) is 14.3. The lowest BCUT2D eigenvalue weighted by molar-refractivity contribution is -0.156. The minimum atomic E-state index is -0.775. The van der Waals surface area contributed by atoms with E-state index < -0.39 is 24.3 Å². The molecule has 2 heterocycles. The molecular weight excluding hydrogens is 508 g/mol. The number of nitrogens with one attached hydrogen (secondary N) is 1. The predicted molar refractivity (Wildman–Crippen MR) is 149 cm³/mol. The van der Waals surface area contributed by atoms with E-state index in [1.807, 2.05) is 60.7 Å². The van der Waals surface area contributed by atoms with E-state index in [0.717, 1.165) is 43.2 Å². The highest BCUT2D eigenvalue weighted by atomic mass is 16.5. The van der Waals surface area contributed by atoms with Crippen LogP contribution in [-0.2, 0) is 32.0 Å². The number of methoxy groups -OCH3 is 1. The molecule has 0 bridgehead atoms. The second kappa shape index (κ2) is 12.5. The van der Waals surface area contributed by atoms with Crippen LogP contribution in [0.4, 0.5) is 4.79 Å². The van der Waals surface area contributed by atoms with Gasteiger partial charge in [-0.2, -0.15) is 0 Å². The number of fused-ring (bicyclic) bond motifs is 1. The largest absolute Gasteiger partial charge is 0.453 e. The Morgan fingerprint density at radius 1 is 0.950 bits per heavy atom. The van der Waals surface area contributed by atoms with Gasteiger partial charge < -0.3 is 24.8 Å². The number of hydrogen-bond donors (Lipinski definition) is 1. The van der Waals surface area contributed by atoms with E-state index in [1.165, 1.54) is 7.11 Å². The van der Waals surface area contributed by atoms with E-state index in [-0.39, 0.29) is 36.7 Å². The predicted octanol–water partition coefficient (Wildman–Crippen LogP) is 2.98. The van der Waals surface area contributed by atoms with Gasteiger partial charge >= 0.3 is 6.09 Å². The minimum Gasteiger partial charge on any atom is -0.453 e. The molecule has 5 rings (SSSR count). The summed E-state index contributed by atoms with van der Waals surface area (Å²) in [5.41, 5.74) is 2.07. The van der Waals surface area contributed by atoms with E-state index in [9.17, 15) is 19.2 Å². The Morgan fingerprint density at radius 3 is 2.25 bits per heavy atom. The smallest absolute Gasteiger partial charge is 0.407 e. The van der Waals surface area contributed by atoms with Gasteiger partial charge in [-0.05, 0) is 36.3 Å². The zero-order valence-electron chi connectivity index (χ0n) is 23.0. The van der Waals surface area contributed by atoms with E-state index >= 15 is 0 Å². The average molecular weight is 547 g/mol. The lowest BCUT2D eigenvalue weighted by Crippen LogP contribution is -2.65. The summed E-state index contributed by atoms with van der Waals surface area (Å²) in [6.07, 6.45) is 4.55. The summed E-state index contributed by atoms with van der Waals surface area (Å²) < 4.78 is 4.85. The second-order valence-corrected chi connectivity index (χ2v) is 11.0. The van der Waals surface area contributed by atoms with Gasteiger partial charge in [0.25, 0.3) is 0 Å². The van der Waals surface area contributed by atoms with Crippen LogP contribution in [0.3, 0.4) is 0 Å². The fourth-order valence-corrected chi connectivity index (χ4v) is 6.41. The van der Waals surface area contributed by atoms with Crippen LogP contribution in [-0.4, -0.2) is 83.5 Å². The van der Waals surface area contributed by atoms with Crippen molar-refractivity contribution in [2.45, 2.75) is 63.2 Å². The third-order valence-electron chi connectivity index (χ3n) is 8.50. The van der Waals surface area contributed by atoms with Crippen LogP contribution < -0.4 is 5.32 Å². The quantitative estimate of drug-likeness (QED) is 0.549. The summed E-state index contributed by atoms with van der Waals surface area (Å²) in [7, 11) is 1.28. The van der Waals surface area contributed by atoms with Crippen LogP contribution in [0.15, 0.2) is 60.7 Å². The maximum atomic E-state index is 14.1. The van der Waals surface area contributed by atoms with Crippen molar-refractivity contribution in [1.29, 1.82) is 0 Å². The highest BCUT2D eigenvalue weighted by Crippen LogP contribution is 2.32. The van der Waals surface area contributed by atoms with Gasteiger partial charge in [0, 0.05) is 13.0 Å². The minimum absolute atomic E-state index is 0.0241. The molecule has 2 aromatic rings. The van der Waals surface area contributed by atoms with Gasteiger partial charge in [0.05, 0.1) is 13.7 Å². The number of piperazine rings is 1. The Balaban J connectivity index is 1.42. The summed E-state index contributed by atoms with van der Waals surface area (Å²) in [5.74, 6) is -0.649. The van der Waals surface area contributed by atoms with E-state index in [4.69, 9.17) is 4.74 Å². The Bertz CT molecular complexity index is 1200. The van der Waals surface area contributed by atoms with E-state index in [1.54, 1.807) is 14.7 Å². The molecule has 212 valence electrons. The lowest BCUT2D eigenvalue weighted by Gasteiger charge is -2.45. The number of nitrogens with zero attached hydrogens (tertiary/aromatic N) is 3. The number of carbonyl (C=O) groups excluding carboxylic acids is 4. The number of ether oxygens (including phenoxy) is 1. The van der Waals surface area contributed by atoms with Gasteiger partial charge in [0.2, 0.25) is 17.7 Å². The highest BCUT2D eigenvalue weighted by Gasteiger charge is 2.52. The molecule has 1 saturated carbocycles. The van der Waals surface area contributed by atoms with E-state index in [2.05, 4.69) is 5.32 Å². The average Bonchev–Trinajstić information content (AvgIpc) is 3.33. The number of amides is 4. The molecule has 0 unspecified atom stereocenters. The Labute approximate surface area is 235 Å². The van der Waals surface area contributed by atoms with Gasteiger partial charge in [-0.15, -0.1) is 0 Å². The number of rotatable bonds is 8. The van der Waals surface area contributed by atoms with Crippen LogP contribution in [0, 0.1) is 5.92 Å². The molecule has 9 nitrogen and oxygen atoms in total. The molecule has 1 N–H and O–H groups in total. The fraction of sp³-hybridized carbons (Fsp3) is 0.484. The van der Waals surface area contributed by atoms with Crippen LogP contribution in [0.25, 0.3) is 0 Å². The standard InChI is InChI=1S/C31H38N4O5/c1-40-31(39)32-28(24-15-9-4-10-16-24)30(38)34-21-27(36)35-25(19-23-13-7-3-8-14-23)29(37)33(20-26(34)35)18-17-22-11-5-2-6-12-22/h2-3,5-8,11-14,24-26,28H,4,9-10,15-21H2,1H3,(H,32,39)/t25-,26+,28-/m0/s1. The van der Waals surface area contributed by atoms with Gasteiger partial charge in [0.15, 0.2) is 0 Å². The van der Waals surface area contributed by atoms with Crippen molar-refractivity contribution >= 4 is 23.8 Å². The summed E-state index contributed by atoms with van der Waals surface area (Å²) in [5, 5.41) is 2.78. The number of carbonyl (C=O) groups is 4. The zero-order chi connectivity index (χ0) is 28.1. The third kappa shape index (κ3) is 5.98. The van der Waals surface area contributed by atoms with Crippen molar-refractivity contribution in [1.82, 2.24) is 20.0 Å². The molecule has 9 heteroatoms. The van der Waals surface area contributed by atoms with Crippen molar-refractivity contribution < 1.29 is 23.9 Å². The Morgan fingerprint density at radius 2 is 1.60 bits per heavy atom. The van der Waals surface area contributed by atoms with Crippen molar-refractivity contribution in [3.63, 3.8) is 0 Å². The zero-order valence-corrected chi connectivity index (χ0v) is 23.0. The molecule has 3 aliphatic rings. The maximum Gasteiger partial charge on any atom is 0.407 e. The van der Waals surface area contributed by atoms with Crippen LogP contribution in [0.5, 0.6) is 0 Å².